The third-order valence-electron chi connectivity index (χ3n) is 3.12. The van der Waals surface area contributed by atoms with Gasteiger partial charge < -0.3 is 11.1 Å². The second-order valence-electron chi connectivity index (χ2n) is 5.01. The lowest BCUT2D eigenvalue weighted by Gasteiger charge is -2.16. The maximum absolute atomic E-state index is 12.2. The number of benzene rings is 1. The summed E-state index contributed by atoms with van der Waals surface area (Å²) in [5.74, 6) is -0.270. The molecule has 0 aliphatic carbocycles. The molecule has 0 aliphatic heterocycles. The Labute approximate surface area is 126 Å². The standard InChI is InChI=1S/C14H23N3O3S/c1-4-7-12(15)14(18)16-10-11-8-5-6-9-13(11)21(19,20)17(2)3/h5-6,8-9,12H,4,7,10,15H2,1-3H3,(H,16,18). The molecule has 0 saturated carbocycles. The second kappa shape index (κ2) is 7.53. The average Bonchev–Trinajstić information content (AvgIpc) is 2.45. The third kappa shape index (κ3) is 4.52. The molecule has 1 aromatic rings. The van der Waals surface area contributed by atoms with Crippen molar-refractivity contribution < 1.29 is 13.2 Å². The van der Waals surface area contributed by atoms with E-state index in [4.69, 9.17) is 5.73 Å². The normalized spacial score (nSPS) is 13.2. The molecule has 0 fully saturated rings. The van der Waals surface area contributed by atoms with E-state index in [2.05, 4.69) is 5.32 Å². The molecule has 1 aromatic carbocycles. The summed E-state index contributed by atoms with van der Waals surface area (Å²) >= 11 is 0. The quantitative estimate of drug-likeness (QED) is 0.774. The zero-order valence-corrected chi connectivity index (χ0v) is 13.5. The molecular weight excluding hydrogens is 290 g/mol. The molecule has 1 amide bonds. The van der Waals surface area contributed by atoms with Gasteiger partial charge in [0.05, 0.1) is 10.9 Å². The number of nitrogens with zero attached hydrogens (tertiary/aromatic N) is 1. The Balaban J connectivity index is 2.89. The monoisotopic (exact) mass is 313 g/mol. The number of carbonyl (C=O) groups excluding carboxylic acids is 1. The molecule has 1 rings (SSSR count). The summed E-state index contributed by atoms with van der Waals surface area (Å²) in [6, 6.07) is 6.05. The Morgan fingerprint density at radius 1 is 1.33 bits per heavy atom. The minimum absolute atomic E-state index is 0.138. The van der Waals surface area contributed by atoms with Gasteiger partial charge in [-0.2, -0.15) is 0 Å². The van der Waals surface area contributed by atoms with Crippen molar-refractivity contribution >= 4 is 15.9 Å². The number of rotatable bonds is 7. The van der Waals surface area contributed by atoms with E-state index in [-0.39, 0.29) is 17.3 Å². The van der Waals surface area contributed by atoms with Crippen LogP contribution in [0.2, 0.25) is 0 Å². The van der Waals surface area contributed by atoms with Crippen molar-refractivity contribution in [2.45, 2.75) is 37.2 Å². The van der Waals surface area contributed by atoms with Crippen molar-refractivity contribution in [2.24, 2.45) is 5.73 Å². The van der Waals surface area contributed by atoms with Crippen LogP contribution in [0.5, 0.6) is 0 Å². The first-order valence-electron chi connectivity index (χ1n) is 6.84. The van der Waals surface area contributed by atoms with Crippen LogP contribution >= 0.6 is 0 Å². The van der Waals surface area contributed by atoms with Gasteiger partial charge in [0.1, 0.15) is 0 Å². The molecule has 0 radical (unpaired) electrons. The van der Waals surface area contributed by atoms with E-state index in [0.717, 1.165) is 10.7 Å². The Kier molecular flexibility index (Phi) is 6.32. The van der Waals surface area contributed by atoms with E-state index < -0.39 is 16.1 Å². The van der Waals surface area contributed by atoms with Crippen LogP contribution in [0, 0.1) is 0 Å². The summed E-state index contributed by atoms with van der Waals surface area (Å²) in [4.78, 5) is 12.0. The van der Waals surface area contributed by atoms with Crippen LogP contribution < -0.4 is 11.1 Å². The molecule has 0 bridgehead atoms. The average molecular weight is 313 g/mol. The van der Waals surface area contributed by atoms with Crippen molar-refractivity contribution in [3.05, 3.63) is 29.8 Å². The highest BCUT2D eigenvalue weighted by atomic mass is 32.2. The van der Waals surface area contributed by atoms with Crippen molar-refractivity contribution in [1.29, 1.82) is 0 Å². The van der Waals surface area contributed by atoms with Crippen LogP contribution in [0.15, 0.2) is 29.2 Å². The van der Waals surface area contributed by atoms with Gasteiger partial charge in [0.25, 0.3) is 0 Å². The molecule has 118 valence electrons. The zero-order valence-electron chi connectivity index (χ0n) is 12.7. The maximum atomic E-state index is 12.2. The smallest absolute Gasteiger partial charge is 0.242 e. The minimum atomic E-state index is -3.54. The number of sulfonamides is 1. The maximum Gasteiger partial charge on any atom is 0.242 e. The summed E-state index contributed by atoms with van der Waals surface area (Å²) in [5, 5.41) is 2.69. The Bertz CT molecular complexity index is 585. The van der Waals surface area contributed by atoms with E-state index in [1.54, 1.807) is 18.2 Å². The molecule has 0 aliphatic rings. The Morgan fingerprint density at radius 3 is 2.52 bits per heavy atom. The molecule has 0 spiro atoms. The predicted octanol–water partition coefficient (Wildman–Crippen LogP) is 0.681. The van der Waals surface area contributed by atoms with Gasteiger partial charge in [-0.3, -0.25) is 4.79 Å². The summed E-state index contributed by atoms with van der Waals surface area (Å²) in [5.41, 5.74) is 6.27. The lowest BCUT2D eigenvalue weighted by Crippen LogP contribution is -2.40. The van der Waals surface area contributed by atoms with Crippen molar-refractivity contribution in [2.75, 3.05) is 14.1 Å². The molecular formula is C14H23N3O3S. The highest BCUT2D eigenvalue weighted by Crippen LogP contribution is 2.18. The first kappa shape index (κ1) is 17.6. The molecule has 21 heavy (non-hydrogen) atoms. The van der Waals surface area contributed by atoms with Gasteiger partial charge in [-0.15, -0.1) is 0 Å². The lowest BCUT2D eigenvalue weighted by atomic mass is 10.1. The molecule has 3 N–H and O–H groups in total. The van der Waals surface area contributed by atoms with E-state index in [0.29, 0.717) is 12.0 Å². The van der Waals surface area contributed by atoms with Crippen molar-refractivity contribution in [3.63, 3.8) is 0 Å². The van der Waals surface area contributed by atoms with Gasteiger partial charge in [0, 0.05) is 20.6 Å². The molecule has 1 unspecified atom stereocenters. The SMILES string of the molecule is CCCC(N)C(=O)NCc1ccccc1S(=O)(=O)N(C)C. The number of hydrogen-bond donors (Lipinski definition) is 2. The fourth-order valence-electron chi connectivity index (χ4n) is 1.85. The molecule has 7 heteroatoms. The van der Waals surface area contributed by atoms with Crippen LogP contribution in [0.25, 0.3) is 0 Å². The Morgan fingerprint density at radius 2 is 1.95 bits per heavy atom. The largest absolute Gasteiger partial charge is 0.351 e. The second-order valence-corrected chi connectivity index (χ2v) is 7.13. The highest BCUT2D eigenvalue weighted by molar-refractivity contribution is 7.89. The molecule has 0 saturated heterocycles. The summed E-state index contributed by atoms with van der Waals surface area (Å²) < 4.78 is 25.6. The zero-order chi connectivity index (χ0) is 16.0. The van der Waals surface area contributed by atoms with Crippen LogP contribution in [0.3, 0.4) is 0 Å². The van der Waals surface area contributed by atoms with Crippen molar-refractivity contribution in [3.8, 4) is 0 Å². The van der Waals surface area contributed by atoms with Gasteiger partial charge in [-0.05, 0) is 18.1 Å². The number of amides is 1. The van der Waals surface area contributed by atoms with Gasteiger partial charge in [-0.1, -0.05) is 31.5 Å². The third-order valence-corrected chi connectivity index (χ3v) is 5.04. The van der Waals surface area contributed by atoms with Crippen LogP contribution in [-0.2, 0) is 21.4 Å². The van der Waals surface area contributed by atoms with Gasteiger partial charge in [0.2, 0.25) is 15.9 Å². The fraction of sp³-hybridized carbons (Fsp3) is 0.500. The molecule has 0 aromatic heterocycles. The van der Waals surface area contributed by atoms with E-state index >= 15 is 0 Å². The molecule has 0 heterocycles. The minimum Gasteiger partial charge on any atom is -0.351 e. The molecule has 6 nitrogen and oxygen atoms in total. The van der Waals surface area contributed by atoms with Crippen molar-refractivity contribution in [1.82, 2.24) is 9.62 Å². The van der Waals surface area contributed by atoms with Crippen LogP contribution in [0.1, 0.15) is 25.3 Å². The number of hydrogen-bond acceptors (Lipinski definition) is 4. The number of carbonyl (C=O) groups is 1. The number of nitrogens with one attached hydrogen (secondary N) is 1. The highest BCUT2D eigenvalue weighted by Gasteiger charge is 2.21. The topological polar surface area (TPSA) is 92.5 Å². The predicted molar refractivity (Wildman–Crippen MR) is 82.0 cm³/mol. The summed E-state index contributed by atoms with van der Waals surface area (Å²) in [7, 11) is -0.587. The summed E-state index contributed by atoms with van der Waals surface area (Å²) in [6.45, 7) is 2.09. The van der Waals surface area contributed by atoms with E-state index in [1.165, 1.54) is 20.2 Å². The molecule has 1 atom stereocenters. The van der Waals surface area contributed by atoms with E-state index in [1.807, 2.05) is 6.92 Å². The number of nitrogens with two attached hydrogens (primary N) is 1. The van der Waals surface area contributed by atoms with E-state index in [9.17, 15) is 13.2 Å². The van der Waals surface area contributed by atoms with Crippen LogP contribution in [0.4, 0.5) is 0 Å². The lowest BCUT2D eigenvalue weighted by molar-refractivity contribution is -0.122. The van der Waals surface area contributed by atoms with Crippen LogP contribution in [-0.4, -0.2) is 38.8 Å². The first-order valence-corrected chi connectivity index (χ1v) is 8.28. The van der Waals surface area contributed by atoms with Gasteiger partial charge >= 0.3 is 0 Å². The van der Waals surface area contributed by atoms with Gasteiger partial charge in [0.15, 0.2) is 0 Å². The fourth-order valence-corrected chi connectivity index (χ4v) is 2.97. The first-order chi connectivity index (χ1) is 9.80. The summed E-state index contributed by atoms with van der Waals surface area (Å²) in [6.07, 6.45) is 1.42. The van der Waals surface area contributed by atoms with Gasteiger partial charge in [-0.25, -0.2) is 12.7 Å². The Hall–Kier alpha value is -1.44.